The zero-order valence-electron chi connectivity index (χ0n) is 17.2. The second-order valence-corrected chi connectivity index (χ2v) is 7.83. The molecule has 170 valence electrons. The third-order valence-corrected chi connectivity index (χ3v) is 5.89. The third kappa shape index (κ3) is 4.15. The molecule has 2 N–H and O–H groups in total. The lowest BCUT2D eigenvalue weighted by Crippen LogP contribution is -2.54. The maximum atomic E-state index is 12.5. The predicted molar refractivity (Wildman–Crippen MR) is 108 cm³/mol. The maximum absolute atomic E-state index is 12.5. The Morgan fingerprint density at radius 2 is 1.66 bits per heavy atom. The van der Waals surface area contributed by atoms with E-state index < -0.39 is 30.2 Å². The highest BCUT2D eigenvalue weighted by Gasteiger charge is 2.51. The van der Waals surface area contributed by atoms with Crippen molar-refractivity contribution < 1.29 is 33.9 Å². The second kappa shape index (κ2) is 8.73. The van der Waals surface area contributed by atoms with E-state index in [4.69, 9.17) is 9.94 Å². The number of rotatable bonds is 3. The van der Waals surface area contributed by atoms with Crippen molar-refractivity contribution in [2.24, 2.45) is 5.92 Å². The van der Waals surface area contributed by atoms with Gasteiger partial charge in [-0.05, 0) is 25.0 Å². The lowest BCUT2D eigenvalue weighted by Gasteiger charge is -2.33. The summed E-state index contributed by atoms with van der Waals surface area (Å²) >= 11 is 0. The van der Waals surface area contributed by atoms with Gasteiger partial charge in [0.2, 0.25) is 5.91 Å². The molecule has 0 aromatic heterocycles. The Kier molecular flexibility index (Phi) is 5.84. The van der Waals surface area contributed by atoms with Crippen molar-refractivity contribution in [2.75, 3.05) is 38.0 Å². The van der Waals surface area contributed by atoms with Gasteiger partial charge in [-0.15, -0.1) is 0 Å². The van der Waals surface area contributed by atoms with Crippen LogP contribution in [0.15, 0.2) is 30.3 Å². The lowest BCUT2D eigenvalue weighted by atomic mass is 9.96. The van der Waals surface area contributed by atoms with E-state index in [1.165, 1.54) is 9.80 Å². The molecule has 1 aromatic rings. The minimum atomic E-state index is -1.18. The fourth-order valence-electron chi connectivity index (χ4n) is 4.05. The van der Waals surface area contributed by atoms with Crippen molar-refractivity contribution in [3.8, 4) is 0 Å². The number of carbonyl (C=O) groups is 5. The van der Waals surface area contributed by atoms with Gasteiger partial charge in [-0.2, -0.15) is 0 Å². The van der Waals surface area contributed by atoms with Crippen molar-refractivity contribution in [3.63, 3.8) is 0 Å². The van der Waals surface area contributed by atoms with Crippen molar-refractivity contribution in [2.45, 2.75) is 18.9 Å². The van der Waals surface area contributed by atoms with Gasteiger partial charge >= 0.3 is 18.2 Å². The van der Waals surface area contributed by atoms with Crippen LogP contribution in [0.2, 0.25) is 0 Å². The molecule has 0 aliphatic carbocycles. The van der Waals surface area contributed by atoms with Crippen LogP contribution in [-0.2, 0) is 14.4 Å². The predicted octanol–water partition coefficient (Wildman–Crippen LogP) is 1.02. The number of fused-ring (bicyclic) bond motifs is 1. The normalized spacial score (nSPS) is 21.4. The highest BCUT2D eigenvalue weighted by Crippen LogP contribution is 2.24. The summed E-state index contributed by atoms with van der Waals surface area (Å²) in [6.45, 7) is 0.419. The molecule has 1 atom stereocenters. The number of imide groups is 1. The minimum absolute atomic E-state index is 0.0392. The number of carboxylic acid groups (broad SMARTS) is 1. The van der Waals surface area contributed by atoms with Gasteiger partial charge in [-0.1, -0.05) is 23.3 Å². The average Bonchev–Trinajstić information content (AvgIpc) is 3.04. The highest BCUT2D eigenvalue weighted by atomic mass is 16.7. The van der Waals surface area contributed by atoms with Crippen LogP contribution in [0.3, 0.4) is 0 Å². The molecule has 3 fully saturated rings. The number of likely N-dealkylation sites (tertiary alicyclic amines) is 1. The number of hydrogen-bond donors (Lipinski definition) is 2. The van der Waals surface area contributed by atoms with Crippen molar-refractivity contribution in [3.05, 3.63) is 30.3 Å². The number of para-hydroxylation sites is 1. The number of hydrogen-bond acceptors (Lipinski definition) is 6. The summed E-state index contributed by atoms with van der Waals surface area (Å²) in [6, 6.07) is 7.28. The minimum Gasteiger partial charge on any atom is -0.465 e. The zero-order chi connectivity index (χ0) is 22.8. The quantitative estimate of drug-likeness (QED) is 0.662. The van der Waals surface area contributed by atoms with Crippen molar-refractivity contribution in [1.82, 2.24) is 19.8 Å². The smallest absolute Gasteiger partial charge is 0.434 e. The van der Waals surface area contributed by atoms with Crippen LogP contribution in [0, 0.1) is 5.92 Å². The van der Waals surface area contributed by atoms with Crippen LogP contribution in [0.1, 0.15) is 12.8 Å². The van der Waals surface area contributed by atoms with Crippen LogP contribution in [0.5, 0.6) is 0 Å². The summed E-state index contributed by atoms with van der Waals surface area (Å²) in [5, 5.41) is 12.4. The third-order valence-electron chi connectivity index (χ3n) is 5.89. The number of nitrogens with one attached hydrogen (secondary N) is 1. The summed E-state index contributed by atoms with van der Waals surface area (Å²) < 4.78 is 0. The fourth-order valence-corrected chi connectivity index (χ4v) is 4.05. The van der Waals surface area contributed by atoms with E-state index in [1.54, 1.807) is 12.1 Å². The number of piperidine rings is 1. The largest absolute Gasteiger partial charge is 0.465 e. The van der Waals surface area contributed by atoms with Crippen LogP contribution in [-0.4, -0.2) is 93.7 Å². The summed E-state index contributed by atoms with van der Waals surface area (Å²) in [6.07, 6.45) is -1.21. The van der Waals surface area contributed by atoms with E-state index in [0.717, 1.165) is 4.90 Å². The Morgan fingerprint density at radius 1 is 0.969 bits per heavy atom. The van der Waals surface area contributed by atoms with E-state index in [-0.39, 0.29) is 44.5 Å². The first-order valence-corrected chi connectivity index (χ1v) is 10.3. The molecular formula is C20H23N5O7. The highest BCUT2D eigenvalue weighted by molar-refractivity contribution is 6.04. The average molecular weight is 445 g/mol. The monoisotopic (exact) mass is 445 g/mol. The van der Waals surface area contributed by atoms with E-state index >= 15 is 0 Å². The molecule has 3 aliphatic heterocycles. The number of urea groups is 1. The van der Waals surface area contributed by atoms with Gasteiger partial charge in [0.25, 0.3) is 5.91 Å². The topological polar surface area (TPSA) is 140 Å². The van der Waals surface area contributed by atoms with Crippen LogP contribution < -0.4 is 5.32 Å². The molecule has 0 radical (unpaired) electrons. The molecule has 0 saturated carbocycles. The molecule has 4 rings (SSSR count). The van der Waals surface area contributed by atoms with Gasteiger partial charge in [-0.3, -0.25) is 9.59 Å². The zero-order valence-corrected chi connectivity index (χ0v) is 17.2. The lowest BCUT2D eigenvalue weighted by molar-refractivity contribution is -0.152. The first-order chi connectivity index (χ1) is 15.3. The molecule has 12 nitrogen and oxygen atoms in total. The Morgan fingerprint density at radius 3 is 2.31 bits per heavy atom. The van der Waals surface area contributed by atoms with Crippen molar-refractivity contribution in [1.29, 1.82) is 0 Å². The van der Waals surface area contributed by atoms with E-state index in [2.05, 4.69) is 5.32 Å². The Labute approximate surface area is 183 Å². The summed E-state index contributed by atoms with van der Waals surface area (Å²) in [5.74, 6) is -1.18. The maximum Gasteiger partial charge on any atom is 0.434 e. The molecule has 1 unspecified atom stereocenters. The fraction of sp³-hybridized carbons (Fsp3) is 0.450. The molecule has 32 heavy (non-hydrogen) atoms. The van der Waals surface area contributed by atoms with Crippen LogP contribution in [0.25, 0.3) is 0 Å². The van der Waals surface area contributed by atoms with Crippen LogP contribution in [0.4, 0.5) is 20.1 Å². The molecular weight excluding hydrogens is 422 g/mol. The molecule has 0 spiro atoms. The van der Waals surface area contributed by atoms with Gasteiger partial charge in [0.15, 0.2) is 0 Å². The molecule has 1 aromatic carbocycles. The van der Waals surface area contributed by atoms with Crippen molar-refractivity contribution >= 4 is 35.7 Å². The summed E-state index contributed by atoms with van der Waals surface area (Å²) in [7, 11) is 0. The second-order valence-electron chi connectivity index (χ2n) is 7.83. The Hall–Kier alpha value is -3.83. The van der Waals surface area contributed by atoms with E-state index in [1.807, 2.05) is 18.2 Å². The number of carbonyl (C=O) groups excluding carboxylic acids is 4. The first-order valence-electron chi connectivity index (χ1n) is 10.3. The Bertz CT molecular complexity index is 932. The van der Waals surface area contributed by atoms with Gasteiger partial charge < -0.3 is 30.0 Å². The summed E-state index contributed by atoms with van der Waals surface area (Å²) in [5.41, 5.74) is 0.698. The number of anilines is 1. The molecule has 3 saturated heterocycles. The number of piperazine rings is 1. The number of hydroxylamine groups is 2. The van der Waals surface area contributed by atoms with Gasteiger partial charge in [0.05, 0.1) is 6.54 Å². The molecule has 12 heteroatoms. The molecule has 6 amide bonds. The molecule has 0 bridgehead atoms. The number of amides is 6. The van der Waals surface area contributed by atoms with Crippen LogP contribution >= 0.6 is 0 Å². The Balaban J connectivity index is 1.29. The van der Waals surface area contributed by atoms with E-state index in [0.29, 0.717) is 23.6 Å². The number of benzene rings is 1. The van der Waals surface area contributed by atoms with Gasteiger partial charge in [0, 0.05) is 37.8 Å². The molecule has 3 aliphatic rings. The standard InChI is InChI=1S/C20H23N5O7/c26-16(21-14-4-2-1-3-5-14)13-6-8-22(9-7-13)20(31)32-25-17(27)15-12-23(19(29)30)10-11-24(15)18(25)28/h1-5,13,15H,6-12H2,(H,21,26)(H,29,30). The SMILES string of the molecule is O=C(Nc1ccccc1)C1CCN(C(=O)ON2C(=O)C3CN(C(=O)O)CCN3C2=O)CC1. The number of nitrogens with zero attached hydrogens (tertiary/aromatic N) is 4. The van der Waals surface area contributed by atoms with E-state index in [9.17, 15) is 24.0 Å². The molecule has 3 heterocycles. The van der Waals surface area contributed by atoms with Gasteiger partial charge in [0.1, 0.15) is 6.04 Å². The first kappa shape index (κ1) is 21.4. The van der Waals surface area contributed by atoms with Gasteiger partial charge in [-0.25, -0.2) is 14.4 Å². The summed E-state index contributed by atoms with van der Waals surface area (Å²) in [4.78, 5) is 69.8.